The van der Waals surface area contributed by atoms with Gasteiger partial charge in [-0.2, -0.15) is 0 Å². The van der Waals surface area contributed by atoms with Gasteiger partial charge >= 0.3 is 0 Å². The van der Waals surface area contributed by atoms with Crippen molar-refractivity contribution >= 4 is 11.3 Å². The third-order valence-electron chi connectivity index (χ3n) is 1.83. The summed E-state index contributed by atoms with van der Waals surface area (Å²) in [5, 5.41) is 9.92. The van der Waals surface area contributed by atoms with Crippen molar-refractivity contribution < 1.29 is 0 Å². The number of thiazole rings is 1. The molecule has 0 aliphatic carbocycles. The Bertz CT molecular complexity index is 392. The van der Waals surface area contributed by atoms with Gasteiger partial charge in [0.25, 0.3) is 0 Å². The van der Waals surface area contributed by atoms with Crippen LogP contribution in [0.25, 0.3) is 0 Å². The molecule has 0 aromatic carbocycles. The SMILES string of the molecule is C[C@@H](N)c1cn(Cc2cscn2)nn1. The van der Waals surface area contributed by atoms with Gasteiger partial charge in [-0.15, -0.1) is 16.4 Å². The molecule has 6 heteroatoms. The van der Waals surface area contributed by atoms with Gasteiger partial charge in [0.2, 0.25) is 0 Å². The first-order valence-corrected chi connectivity index (χ1v) is 5.22. The van der Waals surface area contributed by atoms with E-state index in [1.54, 1.807) is 21.5 Å². The van der Waals surface area contributed by atoms with E-state index in [2.05, 4.69) is 15.3 Å². The number of rotatable bonds is 3. The maximum atomic E-state index is 5.67. The molecule has 0 aliphatic rings. The normalized spacial score (nSPS) is 13.0. The van der Waals surface area contributed by atoms with Crippen LogP contribution in [0.3, 0.4) is 0 Å². The molecule has 0 fully saturated rings. The minimum Gasteiger partial charge on any atom is -0.323 e. The standard InChI is InChI=1S/C8H11N5S/c1-6(9)8-3-13(12-11-8)2-7-4-14-5-10-7/h3-6H,2,9H2,1H3/t6-/m1/s1. The van der Waals surface area contributed by atoms with Crippen LogP contribution in [-0.4, -0.2) is 20.0 Å². The van der Waals surface area contributed by atoms with Crippen LogP contribution in [0.15, 0.2) is 17.1 Å². The van der Waals surface area contributed by atoms with Gasteiger partial charge < -0.3 is 5.73 Å². The zero-order valence-corrected chi connectivity index (χ0v) is 8.61. The maximum absolute atomic E-state index is 5.67. The molecule has 0 saturated heterocycles. The van der Waals surface area contributed by atoms with Crippen molar-refractivity contribution in [2.45, 2.75) is 19.5 Å². The third kappa shape index (κ3) is 1.97. The highest BCUT2D eigenvalue weighted by Gasteiger charge is 2.05. The van der Waals surface area contributed by atoms with Gasteiger partial charge in [0.05, 0.1) is 29.6 Å². The minimum atomic E-state index is -0.0702. The average Bonchev–Trinajstić information content (AvgIpc) is 2.75. The summed E-state index contributed by atoms with van der Waals surface area (Å²) >= 11 is 1.57. The van der Waals surface area contributed by atoms with Gasteiger partial charge in [0.1, 0.15) is 0 Å². The maximum Gasteiger partial charge on any atom is 0.0991 e. The Hall–Kier alpha value is -1.27. The Morgan fingerprint density at radius 3 is 3.07 bits per heavy atom. The highest BCUT2D eigenvalue weighted by atomic mass is 32.1. The quantitative estimate of drug-likeness (QED) is 0.811. The van der Waals surface area contributed by atoms with E-state index in [0.717, 1.165) is 11.4 Å². The van der Waals surface area contributed by atoms with Gasteiger partial charge in [0.15, 0.2) is 0 Å². The van der Waals surface area contributed by atoms with Gasteiger partial charge in [-0.3, -0.25) is 0 Å². The van der Waals surface area contributed by atoms with Crippen molar-refractivity contribution in [1.82, 2.24) is 20.0 Å². The lowest BCUT2D eigenvalue weighted by molar-refractivity contribution is 0.640. The Kier molecular flexibility index (Phi) is 2.55. The topological polar surface area (TPSA) is 69.6 Å². The number of hydrogen-bond donors (Lipinski definition) is 1. The van der Waals surface area contributed by atoms with Crippen LogP contribution in [0.4, 0.5) is 0 Å². The Balaban J connectivity index is 2.11. The van der Waals surface area contributed by atoms with E-state index >= 15 is 0 Å². The Morgan fingerprint density at radius 2 is 2.50 bits per heavy atom. The fourth-order valence-electron chi connectivity index (χ4n) is 1.08. The smallest absolute Gasteiger partial charge is 0.0991 e. The second kappa shape index (κ2) is 3.85. The monoisotopic (exact) mass is 209 g/mol. The van der Waals surface area contributed by atoms with E-state index in [1.165, 1.54) is 0 Å². The van der Waals surface area contributed by atoms with Crippen molar-refractivity contribution in [2.24, 2.45) is 5.73 Å². The number of nitrogens with zero attached hydrogens (tertiary/aromatic N) is 4. The van der Waals surface area contributed by atoms with Crippen LogP contribution in [0.1, 0.15) is 24.4 Å². The van der Waals surface area contributed by atoms with Crippen molar-refractivity contribution in [3.63, 3.8) is 0 Å². The largest absolute Gasteiger partial charge is 0.323 e. The van der Waals surface area contributed by atoms with Crippen LogP contribution in [0.5, 0.6) is 0 Å². The highest BCUT2D eigenvalue weighted by Crippen LogP contribution is 2.06. The molecule has 2 rings (SSSR count). The lowest BCUT2D eigenvalue weighted by atomic mass is 10.3. The van der Waals surface area contributed by atoms with Gasteiger partial charge in [-0.25, -0.2) is 9.67 Å². The van der Waals surface area contributed by atoms with Crippen LogP contribution >= 0.6 is 11.3 Å². The summed E-state index contributed by atoms with van der Waals surface area (Å²) in [4.78, 5) is 4.16. The van der Waals surface area contributed by atoms with Crippen molar-refractivity contribution in [2.75, 3.05) is 0 Å². The molecule has 0 unspecified atom stereocenters. The van der Waals surface area contributed by atoms with Gasteiger partial charge in [0, 0.05) is 11.4 Å². The molecule has 0 aliphatic heterocycles. The summed E-state index contributed by atoms with van der Waals surface area (Å²) in [5.41, 5.74) is 9.28. The van der Waals surface area contributed by atoms with Crippen molar-refractivity contribution in [1.29, 1.82) is 0 Å². The summed E-state index contributed by atoms with van der Waals surface area (Å²) in [5.74, 6) is 0. The zero-order valence-electron chi connectivity index (χ0n) is 7.79. The van der Waals surface area contributed by atoms with Crippen LogP contribution in [-0.2, 0) is 6.54 Å². The third-order valence-corrected chi connectivity index (χ3v) is 2.47. The highest BCUT2D eigenvalue weighted by molar-refractivity contribution is 7.07. The predicted molar refractivity (Wildman–Crippen MR) is 53.8 cm³/mol. The summed E-state index contributed by atoms with van der Waals surface area (Å²) in [6, 6.07) is -0.0702. The Labute approximate surface area is 85.6 Å². The van der Waals surface area contributed by atoms with Crippen LogP contribution < -0.4 is 5.73 Å². The molecule has 2 heterocycles. The summed E-state index contributed by atoms with van der Waals surface area (Å²) in [7, 11) is 0. The summed E-state index contributed by atoms with van der Waals surface area (Å²) in [6.07, 6.45) is 1.85. The first-order chi connectivity index (χ1) is 6.75. The fourth-order valence-corrected chi connectivity index (χ4v) is 1.63. The van der Waals surface area contributed by atoms with E-state index in [1.807, 2.05) is 18.5 Å². The van der Waals surface area contributed by atoms with Crippen LogP contribution in [0.2, 0.25) is 0 Å². The van der Waals surface area contributed by atoms with E-state index < -0.39 is 0 Å². The Morgan fingerprint density at radius 1 is 1.64 bits per heavy atom. The fraction of sp³-hybridized carbons (Fsp3) is 0.375. The summed E-state index contributed by atoms with van der Waals surface area (Å²) < 4.78 is 1.74. The van der Waals surface area contributed by atoms with E-state index in [9.17, 15) is 0 Å². The molecule has 2 N–H and O–H groups in total. The lowest BCUT2D eigenvalue weighted by Gasteiger charge is -1.96. The first kappa shape index (κ1) is 9.29. The predicted octanol–water partition coefficient (Wildman–Crippen LogP) is 0.803. The zero-order chi connectivity index (χ0) is 9.97. The molecule has 0 radical (unpaired) electrons. The molecule has 5 nitrogen and oxygen atoms in total. The lowest BCUT2D eigenvalue weighted by Crippen LogP contribution is -2.05. The second-order valence-electron chi connectivity index (χ2n) is 3.11. The first-order valence-electron chi connectivity index (χ1n) is 4.28. The second-order valence-corrected chi connectivity index (χ2v) is 3.83. The molecule has 0 spiro atoms. The number of aromatic nitrogens is 4. The van der Waals surface area contributed by atoms with Crippen molar-refractivity contribution in [3.8, 4) is 0 Å². The van der Waals surface area contributed by atoms with Gasteiger partial charge in [-0.1, -0.05) is 5.21 Å². The molecule has 74 valence electrons. The number of hydrogen-bond acceptors (Lipinski definition) is 5. The molecule has 14 heavy (non-hydrogen) atoms. The molecular weight excluding hydrogens is 198 g/mol. The average molecular weight is 209 g/mol. The van der Waals surface area contributed by atoms with E-state index in [-0.39, 0.29) is 6.04 Å². The molecule has 0 amide bonds. The molecule has 2 aromatic rings. The van der Waals surface area contributed by atoms with E-state index in [0.29, 0.717) is 6.54 Å². The molecule has 2 aromatic heterocycles. The van der Waals surface area contributed by atoms with Crippen LogP contribution in [0, 0.1) is 0 Å². The summed E-state index contributed by atoms with van der Waals surface area (Å²) in [6.45, 7) is 2.54. The molecule has 1 atom stereocenters. The van der Waals surface area contributed by atoms with E-state index in [4.69, 9.17) is 5.73 Å². The molecule has 0 bridgehead atoms. The number of nitrogens with two attached hydrogens (primary N) is 1. The molecule has 0 saturated carbocycles. The van der Waals surface area contributed by atoms with Gasteiger partial charge in [-0.05, 0) is 6.92 Å². The minimum absolute atomic E-state index is 0.0702. The van der Waals surface area contributed by atoms with Crippen molar-refractivity contribution in [3.05, 3.63) is 28.5 Å². The molecular formula is C8H11N5S.